The van der Waals surface area contributed by atoms with E-state index in [1.54, 1.807) is 6.20 Å². The first-order chi connectivity index (χ1) is 8.70. The lowest BCUT2D eigenvalue weighted by atomic mass is 10.1. The van der Waals surface area contributed by atoms with Crippen molar-refractivity contribution in [2.24, 2.45) is 5.73 Å². The van der Waals surface area contributed by atoms with Crippen LogP contribution in [0.25, 0.3) is 0 Å². The van der Waals surface area contributed by atoms with Gasteiger partial charge in [-0.2, -0.15) is 0 Å². The normalized spacial score (nSPS) is 12.2. The van der Waals surface area contributed by atoms with Gasteiger partial charge in [-0.15, -0.1) is 0 Å². The zero-order chi connectivity index (χ0) is 13.0. The van der Waals surface area contributed by atoms with Crippen LogP contribution in [0.15, 0.2) is 47.1 Å². The SMILES string of the molecule is CC[C@@H](N)c1ccc(Oc2ccccc2Br)cn1. The van der Waals surface area contributed by atoms with Crippen molar-refractivity contribution in [1.82, 2.24) is 4.98 Å². The zero-order valence-electron chi connectivity index (χ0n) is 10.1. The van der Waals surface area contributed by atoms with E-state index in [9.17, 15) is 0 Å². The molecule has 0 aliphatic heterocycles. The Morgan fingerprint density at radius 2 is 2.06 bits per heavy atom. The topological polar surface area (TPSA) is 48.1 Å². The summed E-state index contributed by atoms with van der Waals surface area (Å²) in [6.45, 7) is 2.04. The molecule has 0 bridgehead atoms. The average molecular weight is 307 g/mol. The number of nitrogens with zero attached hydrogens (tertiary/aromatic N) is 1. The molecule has 1 atom stereocenters. The number of para-hydroxylation sites is 1. The van der Waals surface area contributed by atoms with Gasteiger partial charge in [0.15, 0.2) is 0 Å². The van der Waals surface area contributed by atoms with Crippen LogP contribution in [0.4, 0.5) is 0 Å². The largest absolute Gasteiger partial charge is 0.455 e. The molecule has 3 nitrogen and oxygen atoms in total. The predicted molar refractivity (Wildman–Crippen MR) is 75.7 cm³/mol. The van der Waals surface area contributed by atoms with Crippen molar-refractivity contribution >= 4 is 15.9 Å². The summed E-state index contributed by atoms with van der Waals surface area (Å²) in [7, 11) is 0. The third-order valence-electron chi connectivity index (χ3n) is 2.64. The molecule has 2 rings (SSSR count). The fourth-order valence-electron chi connectivity index (χ4n) is 1.54. The van der Waals surface area contributed by atoms with E-state index in [1.807, 2.05) is 43.3 Å². The molecule has 0 aliphatic carbocycles. The molecule has 1 heterocycles. The minimum atomic E-state index is -0.0116. The Morgan fingerprint density at radius 1 is 1.28 bits per heavy atom. The van der Waals surface area contributed by atoms with Crippen LogP contribution < -0.4 is 10.5 Å². The van der Waals surface area contributed by atoms with E-state index in [4.69, 9.17) is 10.5 Å². The second kappa shape index (κ2) is 5.98. The average Bonchev–Trinajstić information content (AvgIpc) is 2.41. The molecule has 2 N–H and O–H groups in total. The molecule has 0 radical (unpaired) electrons. The summed E-state index contributed by atoms with van der Waals surface area (Å²) >= 11 is 3.44. The Balaban J connectivity index is 2.14. The van der Waals surface area contributed by atoms with Crippen molar-refractivity contribution in [2.45, 2.75) is 19.4 Å². The second-order valence-corrected chi connectivity index (χ2v) is 4.82. The third-order valence-corrected chi connectivity index (χ3v) is 3.30. The summed E-state index contributed by atoms with van der Waals surface area (Å²) in [5.74, 6) is 1.47. The van der Waals surface area contributed by atoms with Gasteiger partial charge in [0.2, 0.25) is 0 Å². The van der Waals surface area contributed by atoms with E-state index in [0.717, 1.165) is 22.3 Å². The number of ether oxygens (including phenoxy) is 1. The molecule has 0 aliphatic rings. The lowest BCUT2D eigenvalue weighted by Gasteiger charge is -2.10. The maximum atomic E-state index is 5.91. The molecule has 0 amide bonds. The van der Waals surface area contributed by atoms with Crippen LogP contribution >= 0.6 is 15.9 Å². The molecule has 4 heteroatoms. The number of hydrogen-bond donors (Lipinski definition) is 1. The van der Waals surface area contributed by atoms with Crippen molar-refractivity contribution in [2.75, 3.05) is 0 Å². The van der Waals surface area contributed by atoms with E-state index in [2.05, 4.69) is 20.9 Å². The Kier molecular flexibility index (Phi) is 4.33. The molecule has 18 heavy (non-hydrogen) atoms. The predicted octanol–water partition coefficient (Wildman–Crippen LogP) is 4.05. The number of benzene rings is 1. The fourth-order valence-corrected chi connectivity index (χ4v) is 1.90. The molecule has 0 fully saturated rings. The van der Waals surface area contributed by atoms with Crippen molar-refractivity contribution < 1.29 is 4.74 Å². The minimum absolute atomic E-state index is 0.0116. The highest BCUT2D eigenvalue weighted by atomic mass is 79.9. The van der Waals surface area contributed by atoms with Gasteiger partial charge in [0.05, 0.1) is 16.4 Å². The molecule has 0 unspecified atom stereocenters. The van der Waals surface area contributed by atoms with Gasteiger partial charge in [0.25, 0.3) is 0 Å². The third kappa shape index (κ3) is 3.09. The van der Waals surface area contributed by atoms with Crippen LogP contribution in [0.2, 0.25) is 0 Å². The van der Waals surface area contributed by atoms with Gasteiger partial charge in [0, 0.05) is 6.04 Å². The van der Waals surface area contributed by atoms with Gasteiger partial charge in [-0.3, -0.25) is 4.98 Å². The van der Waals surface area contributed by atoms with E-state index in [0.29, 0.717) is 5.75 Å². The summed E-state index contributed by atoms with van der Waals surface area (Å²) in [4.78, 5) is 4.31. The molecule has 1 aromatic heterocycles. The first-order valence-electron chi connectivity index (χ1n) is 5.84. The highest BCUT2D eigenvalue weighted by molar-refractivity contribution is 9.10. The molecule has 0 spiro atoms. The van der Waals surface area contributed by atoms with Gasteiger partial charge in [0.1, 0.15) is 11.5 Å². The smallest absolute Gasteiger partial charge is 0.145 e. The van der Waals surface area contributed by atoms with Crippen molar-refractivity contribution in [3.05, 3.63) is 52.8 Å². The molecule has 0 saturated heterocycles. The zero-order valence-corrected chi connectivity index (χ0v) is 11.7. The van der Waals surface area contributed by atoms with Crippen LogP contribution in [0, 0.1) is 0 Å². The maximum Gasteiger partial charge on any atom is 0.145 e. The summed E-state index contributed by atoms with van der Waals surface area (Å²) in [6, 6.07) is 11.5. The van der Waals surface area contributed by atoms with Gasteiger partial charge >= 0.3 is 0 Å². The summed E-state index contributed by atoms with van der Waals surface area (Å²) in [6.07, 6.45) is 2.57. The highest BCUT2D eigenvalue weighted by Gasteiger charge is 2.06. The lowest BCUT2D eigenvalue weighted by Crippen LogP contribution is -2.10. The van der Waals surface area contributed by atoms with Crippen molar-refractivity contribution in [1.29, 1.82) is 0 Å². The van der Waals surface area contributed by atoms with Gasteiger partial charge in [-0.1, -0.05) is 19.1 Å². The number of halogens is 1. The Morgan fingerprint density at radius 3 is 2.67 bits per heavy atom. The summed E-state index contributed by atoms with van der Waals surface area (Å²) < 4.78 is 6.64. The first-order valence-corrected chi connectivity index (χ1v) is 6.64. The van der Waals surface area contributed by atoms with Gasteiger partial charge in [-0.05, 0) is 46.6 Å². The number of nitrogens with two attached hydrogens (primary N) is 1. The van der Waals surface area contributed by atoms with E-state index < -0.39 is 0 Å². The van der Waals surface area contributed by atoms with Crippen LogP contribution in [0.1, 0.15) is 25.1 Å². The van der Waals surface area contributed by atoms with Gasteiger partial charge < -0.3 is 10.5 Å². The quantitative estimate of drug-likeness (QED) is 0.927. The number of hydrogen-bond acceptors (Lipinski definition) is 3. The van der Waals surface area contributed by atoms with Crippen molar-refractivity contribution in [3.63, 3.8) is 0 Å². The lowest BCUT2D eigenvalue weighted by molar-refractivity contribution is 0.476. The molecular formula is C14H15BrN2O. The van der Waals surface area contributed by atoms with Crippen LogP contribution in [-0.4, -0.2) is 4.98 Å². The minimum Gasteiger partial charge on any atom is -0.455 e. The monoisotopic (exact) mass is 306 g/mol. The first kappa shape index (κ1) is 13.1. The Hall–Kier alpha value is -1.39. The summed E-state index contributed by atoms with van der Waals surface area (Å²) in [5.41, 5.74) is 6.80. The summed E-state index contributed by atoms with van der Waals surface area (Å²) in [5, 5.41) is 0. The molecule has 1 aromatic carbocycles. The fraction of sp³-hybridized carbons (Fsp3) is 0.214. The highest BCUT2D eigenvalue weighted by Crippen LogP contribution is 2.29. The molecule has 94 valence electrons. The Labute approximate surface area is 115 Å². The standard InChI is InChI=1S/C14H15BrN2O/c1-2-12(16)13-8-7-10(9-17-13)18-14-6-4-3-5-11(14)15/h3-9,12H,2,16H2,1H3/t12-/m1/s1. The van der Waals surface area contributed by atoms with Crippen LogP contribution in [0.3, 0.4) is 0 Å². The van der Waals surface area contributed by atoms with E-state index in [1.165, 1.54) is 0 Å². The number of rotatable bonds is 4. The van der Waals surface area contributed by atoms with Crippen molar-refractivity contribution in [3.8, 4) is 11.5 Å². The van der Waals surface area contributed by atoms with E-state index in [-0.39, 0.29) is 6.04 Å². The van der Waals surface area contributed by atoms with Crippen LogP contribution in [-0.2, 0) is 0 Å². The van der Waals surface area contributed by atoms with E-state index >= 15 is 0 Å². The van der Waals surface area contributed by atoms with Crippen LogP contribution in [0.5, 0.6) is 11.5 Å². The molecule has 0 saturated carbocycles. The number of pyridine rings is 1. The number of aromatic nitrogens is 1. The van der Waals surface area contributed by atoms with Gasteiger partial charge in [-0.25, -0.2) is 0 Å². The molecule has 2 aromatic rings. The Bertz CT molecular complexity index is 513. The second-order valence-electron chi connectivity index (χ2n) is 3.97. The maximum absolute atomic E-state index is 5.91. The molecular weight excluding hydrogens is 292 g/mol.